The lowest BCUT2D eigenvalue weighted by atomic mass is 10.4. The van der Waals surface area contributed by atoms with Crippen molar-refractivity contribution < 1.29 is 19.1 Å². The summed E-state index contributed by atoms with van der Waals surface area (Å²) in [7, 11) is 0. The second kappa shape index (κ2) is 6.58. The Morgan fingerprint density at radius 2 is 2.15 bits per heavy atom. The second-order valence-electron chi connectivity index (χ2n) is 3.62. The maximum atomic E-state index is 11.7. The summed E-state index contributed by atoms with van der Waals surface area (Å²) in [5, 5.41) is 11.7. The van der Waals surface area contributed by atoms with E-state index in [0.29, 0.717) is 10.9 Å². The van der Waals surface area contributed by atoms with Crippen LogP contribution >= 0.6 is 27.7 Å². The van der Waals surface area contributed by atoms with Crippen molar-refractivity contribution in [1.82, 2.24) is 4.98 Å². The second-order valence-corrected chi connectivity index (χ2v) is 5.52. The number of carbonyl (C=O) groups excluding carboxylic acids is 1. The number of halogens is 1. The molecular weight excluding hydrogens is 348 g/mol. The van der Waals surface area contributed by atoms with E-state index >= 15 is 0 Å². The molecule has 8 heteroatoms. The van der Waals surface area contributed by atoms with Gasteiger partial charge in [-0.2, -0.15) is 0 Å². The van der Waals surface area contributed by atoms with Crippen LogP contribution in [0.4, 0.5) is 5.82 Å². The lowest BCUT2D eigenvalue weighted by Gasteiger charge is -2.03. The number of thioether (sulfide) groups is 1. The third-order valence-electron chi connectivity index (χ3n) is 2.13. The highest BCUT2D eigenvalue weighted by atomic mass is 79.9. The summed E-state index contributed by atoms with van der Waals surface area (Å²) in [6.45, 7) is 0. The fourth-order valence-corrected chi connectivity index (χ4v) is 2.17. The van der Waals surface area contributed by atoms with Gasteiger partial charge in [0.1, 0.15) is 5.82 Å². The molecule has 2 rings (SSSR count). The van der Waals surface area contributed by atoms with E-state index in [1.807, 2.05) is 0 Å². The van der Waals surface area contributed by atoms with Gasteiger partial charge in [-0.15, -0.1) is 0 Å². The van der Waals surface area contributed by atoms with Gasteiger partial charge in [0.05, 0.1) is 5.75 Å². The van der Waals surface area contributed by atoms with E-state index in [-0.39, 0.29) is 17.4 Å². The molecule has 0 fully saturated rings. The van der Waals surface area contributed by atoms with Crippen LogP contribution in [0.25, 0.3) is 0 Å². The zero-order chi connectivity index (χ0) is 14.5. The molecule has 2 N–H and O–H groups in total. The van der Waals surface area contributed by atoms with Gasteiger partial charge in [0.15, 0.2) is 5.09 Å². The Balaban J connectivity index is 1.85. The fourth-order valence-electron chi connectivity index (χ4n) is 1.28. The molecule has 2 heterocycles. The van der Waals surface area contributed by atoms with Crippen molar-refractivity contribution in [3.63, 3.8) is 0 Å². The van der Waals surface area contributed by atoms with Crippen molar-refractivity contribution in [2.45, 2.75) is 5.09 Å². The normalized spacial score (nSPS) is 10.2. The van der Waals surface area contributed by atoms with E-state index < -0.39 is 5.97 Å². The highest BCUT2D eigenvalue weighted by Crippen LogP contribution is 2.21. The maximum absolute atomic E-state index is 11.7. The van der Waals surface area contributed by atoms with E-state index in [4.69, 9.17) is 9.52 Å². The molecule has 0 unspecified atom stereocenters. The highest BCUT2D eigenvalue weighted by Gasteiger charge is 2.11. The first-order valence-corrected chi connectivity index (χ1v) is 7.20. The van der Waals surface area contributed by atoms with Crippen molar-refractivity contribution in [2.24, 2.45) is 0 Å². The van der Waals surface area contributed by atoms with Gasteiger partial charge in [-0.1, -0.05) is 11.8 Å². The van der Waals surface area contributed by atoms with Crippen LogP contribution in [0, 0.1) is 0 Å². The summed E-state index contributed by atoms with van der Waals surface area (Å²) in [6.07, 6.45) is 1.58. The molecule has 0 saturated heterocycles. The number of nitrogens with one attached hydrogen (secondary N) is 1. The monoisotopic (exact) mass is 356 g/mol. The molecule has 0 aliphatic heterocycles. The standard InChI is InChI=1S/C12H9BrN2O4S/c13-7-1-3-9(14-5-7)15-10(16)6-20-11-4-2-8(19-11)12(17)18/h1-5H,6H2,(H,17,18)(H,14,15,16). The van der Waals surface area contributed by atoms with Crippen LogP contribution in [0.2, 0.25) is 0 Å². The Hall–Kier alpha value is -1.80. The Kier molecular flexibility index (Phi) is 4.80. The number of hydrogen-bond donors (Lipinski definition) is 2. The number of carbonyl (C=O) groups is 2. The summed E-state index contributed by atoms with van der Waals surface area (Å²) < 4.78 is 5.84. The van der Waals surface area contributed by atoms with E-state index in [9.17, 15) is 9.59 Å². The molecular formula is C12H9BrN2O4S. The Morgan fingerprint density at radius 1 is 1.35 bits per heavy atom. The van der Waals surface area contributed by atoms with Gasteiger partial charge >= 0.3 is 5.97 Å². The van der Waals surface area contributed by atoms with Crippen LogP contribution in [0.3, 0.4) is 0 Å². The number of hydrogen-bond acceptors (Lipinski definition) is 5. The van der Waals surface area contributed by atoms with Crippen molar-refractivity contribution in [3.8, 4) is 0 Å². The molecule has 0 bridgehead atoms. The minimum absolute atomic E-state index is 0.102. The lowest BCUT2D eigenvalue weighted by molar-refractivity contribution is -0.113. The molecule has 1 amide bonds. The minimum atomic E-state index is -1.14. The molecule has 2 aromatic heterocycles. The van der Waals surface area contributed by atoms with Crippen LogP contribution in [-0.2, 0) is 4.79 Å². The van der Waals surface area contributed by atoms with E-state index in [2.05, 4.69) is 26.2 Å². The number of nitrogens with zero attached hydrogens (tertiary/aromatic N) is 1. The zero-order valence-corrected chi connectivity index (χ0v) is 12.4. The summed E-state index contributed by atoms with van der Waals surface area (Å²) >= 11 is 4.36. The molecule has 20 heavy (non-hydrogen) atoms. The summed E-state index contributed by atoms with van der Waals surface area (Å²) in [5.41, 5.74) is 0. The summed E-state index contributed by atoms with van der Waals surface area (Å²) in [4.78, 5) is 26.3. The van der Waals surface area contributed by atoms with Gasteiger partial charge in [0.2, 0.25) is 11.7 Å². The maximum Gasteiger partial charge on any atom is 0.371 e. The number of aromatic carboxylic acids is 1. The van der Waals surface area contributed by atoms with Crippen LogP contribution in [0.1, 0.15) is 10.6 Å². The first-order valence-electron chi connectivity index (χ1n) is 5.42. The number of rotatable bonds is 5. The Labute approximate surface area is 126 Å². The number of carboxylic acid groups (broad SMARTS) is 1. The van der Waals surface area contributed by atoms with E-state index in [0.717, 1.165) is 16.2 Å². The molecule has 0 atom stereocenters. The summed E-state index contributed by atoms with van der Waals surface area (Å²) in [6, 6.07) is 6.29. The number of carboxylic acids is 1. The number of amides is 1. The van der Waals surface area contributed by atoms with Crippen LogP contribution in [-0.4, -0.2) is 27.7 Å². The highest BCUT2D eigenvalue weighted by molar-refractivity contribution is 9.10. The third-order valence-corrected chi connectivity index (χ3v) is 3.51. The molecule has 2 aromatic rings. The van der Waals surface area contributed by atoms with Crippen LogP contribution in [0.15, 0.2) is 44.4 Å². The number of aromatic nitrogens is 1. The molecule has 0 radical (unpaired) electrons. The molecule has 104 valence electrons. The molecule has 0 aliphatic rings. The fraction of sp³-hybridized carbons (Fsp3) is 0.0833. The predicted octanol–water partition coefficient (Wildman–Crippen LogP) is 2.87. The number of pyridine rings is 1. The molecule has 0 spiro atoms. The van der Waals surface area contributed by atoms with Gasteiger partial charge in [0.25, 0.3) is 0 Å². The average molecular weight is 357 g/mol. The SMILES string of the molecule is O=C(CSc1ccc(C(=O)O)o1)Nc1ccc(Br)cn1. The van der Waals surface area contributed by atoms with Gasteiger partial charge in [-0.3, -0.25) is 4.79 Å². The Bertz CT molecular complexity index is 627. The van der Waals surface area contributed by atoms with Crippen molar-refractivity contribution in [3.05, 3.63) is 40.7 Å². The van der Waals surface area contributed by atoms with Crippen molar-refractivity contribution in [2.75, 3.05) is 11.1 Å². The summed E-state index contributed by atoms with van der Waals surface area (Å²) in [5.74, 6) is -0.991. The van der Waals surface area contributed by atoms with Gasteiger partial charge in [-0.25, -0.2) is 9.78 Å². The first-order chi connectivity index (χ1) is 9.54. The van der Waals surface area contributed by atoms with E-state index in [1.54, 1.807) is 18.3 Å². The van der Waals surface area contributed by atoms with Gasteiger partial charge in [0, 0.05) is 10.7 Å². The third kappa shape index (κ3) is 4.10. The minimum Gasteiger partial charge on any atom is -0.475 e. The smallest absolute Gasteiger partial charge is 0.371 e. The number of anilines is 1. The van der Waals surface area contributed by atoms with Crippen LogP contribution in [0.5, 0.6) is 0 Å². The molecule has 0 aromatic carbocycles. The van der Waals surface area contributed by atoms with Crippen molar-refractivity contribution in [1.29, 1.82) is 0 Å². The average Bonchev–Trinajstić information content (AvgIpc) is 2.88. The predicted molar refractivity (Wildman–Crippen MR) is 77.0 cm³/mol. The largest absolute Gasteiger partial charge is 0.475 e. The molecule has 0 aliphatic carbocycles. The van der Waals surface area contributed by atoms with Crippen LogP contribution < -0.4 is 5.32 Å². The van der Waals surface area contributed by atoms with E-state index in [1.165, 1.54) is 12.1 Å². The van der Waals surface area contributed by atoms with Gasteiger partial charge < -0.3 is 14.8 Å². The van der Waals surface area contributed by atoms with Gasteiger partial charge in [-0.05, 0) is 40.2 Å². The lowest BCUT2D eigenvalue weighted by Crippen LogP contribution is -2.14. The quantitative estimate of drug-likeness (QED) is 0.800. The zero-order valence-electron chi connectivity index (χ0n) is 10.00. The Morgan fingerprint density at radius 3 is 2.75 bits per heavy atom. The van der Waals surface area contributed by atoms with Crippen molar-refractivity contribution >= 4 is 45.4 Å². The number of furan rings is 1. The molecule has 6 nitrogen and oxygen atoms in total. The molecule has 0 saturated carbocycles. The topological polar surface area (TPSA) is 92.4 Å². The first kappa shape index (κ1) is 14.6.